The highest BCUT2D eigenvalue weighted by Gasteiger charge is 2.29. The molecule has 1 heterocycles. The maximum Gasteiger partial charge on any atom is 0.240 e. The van der Waals surface area contributed by atoms with Gasteiger partial charge in [-0.25, -0.2) is 0 Å². The molecule has 4 nitrogen and oxygen atoms in total. The highest BCUT2D eigenvalue weighted by atomic mass is 16.2. The number of amides is 1. The number of likely N-dealkylation sites (N-methyl/N-ethyl adjacent to an activating group) is 1. The summed E-state index contributed by atoms with van der Waals surface area (Å²) in [7, 11) is 1.75. The number of carbonyl (C=O) groups excluding carboxylic acids is 1. The van der Waals surface area contributed by atoms with Gasteiger partial charge in [-0.3, -0.25) is 9.78 Å². The summed E-state index contributed by atoms with van der Waals surface area (Å²) in [6, 6.07) is 5.17. The summed E-state index contributed by atoms with van der Waals surface area (Å²) in [6.45, 7) is 6.38. The van der Waals surface area contributed by atoms with Crippen molar-refractivity contribution < 1.29 is 4.79 Å². The summed E-state index contributed by atoms with van der Waals surface area (Å²) in [4.78, 5) is 17.9. The van der Waals surface area contributed by atoms with Crippen molar-refractivity contribution in [2.45, 2.75) is 33.4 Å². The summed E-state index contributed by atoms with van der Waals surface area (Å²) in [5.41, 5.74) is 6.58. The molecule has 0 aliphatic carbocycles. The number of hydrogen-bond donors (Lipinski definition) is 1. The third kappa shape index (κ3) is 3.82. The minimum Gasteiger partial charge on any atom is -0.338 e. The van der Waals surface area contributed by atoms with Crippen molar-refractivity contribution in [1.82, 2.24) is 9.88 Å². The van der Waals surface area contributed by atoms with Crippen LogP contribution >= 0.6 is 0 Å². The summed E-state index contributed by atoms with van der Waals surface area (Å²) >= 11 is 0. The van der Waals surface area contributed by atoms with Gasteiger partial charge in [0.05, 0.1) is 18.3 Å². The first-order chi connectivity index (χ1) is 7.82. The van der Waals surface area contributed by atoms with Gasteiger partial charge in [0.1, 0.15) is 0 Å². The molecule has 2 N–H and O–H groups in total. The maximum absolute atomic E-state index is 12.1. The Kier molecular flexibility index (Phi) is 4.23. The summed E-state index contributed by atoms with van der Waals surface area (Å²) in [5.74, 6) is -0.0526. The number of pyridine rings is 1. The van der Waals surface area contributed by atoms with Crippen LogP contribution in [0.5, 0.6) is 0 Å². The monoisotopic (exact) mass is 235 g/mol. The molecule has 0 aliphatic heterocycles. The average molecular weight is 235 g/mol. The van der Waals surface area contributed by atoms with E-state index in [0.29, 0.717) is 6.54 Å². The molecule has 1 atom stereocenters. The summed E-state index contributed by atoms with van der Waals surface area (Å²) in [6.07, 6.45) is 1.72. The highest BCUT2D eigenvalue weighted by Crippen LogP contribution is 2.19. The second kappa shape index (κ2) is 5.27. The van der Waals surface area contributed by atoms with Gasteiger partial charge in [0.2, 0.25) is 5.91 Å². The minimum atomic E-state index is -0.490. The molecule has 1 aromatic rings. The van der Waals surface area contributed by atoms with Crippen molar-refractivity contribution >= 4 is 5.91 Å². The number of aromatic nitrogens is 1. The van der Waals surface area contributed by atoms with E-state index in [4.69, 9.17) is 5.73 Å². The molecule has 94 valence electrons. The Morgan fingerprint density at radius 2 is 2.12 bits per heavy atom. The Labute approximate surface area is 103 Å². The van der Waals surface area contributed by atoms with Crippen LogP contribution in [0.4, 0.5) is 0 Å². The Bertz CT molecular complexity index is 370. The summed E-state index contributed by atoms with van der Waals surface area (Å²) < 4.78 is 0. The molecular formula is C13H21N3O. The molecule has 0 radical (unpaired) electrons. The molecule has 0 spiro atoms. The van der Waals surface area contributed by atoms with Crippen LogP contribution in [-0.2, 0) is 11.3 Å². The van der Waals surface area contributed by atoms with Crippen molar-refractivity contribution in [2.75, 3.05) is 7.05 Å². The van der Waals surface area contributed by atoms with Crippen molar-refractivity contribution in [2.24, 2.45) is 11.1 Å². The van der Waals surface area contributed by atoms with Gasteiger partial charge < -0.3 is 10.6 Å². The van der Waals surface area contributed by atoms with Gasteiger partial charge in [-0.2, -0.15) is 0 Å². The first kappa shape index (κ1) is 13.6. The van der Waals surface area contributed by atoms with Crippen LogP contribution in [0.3, 0.4) is 0 Å². The van der Waals surface area contributed by atoms with Crippen molar-refractivity contribution in [1.29, 1.82) is 0 Å². The Morgan fingerprint density at radius 3 is 2.59 bits per heavy atom. The van der Waals surface area contributed by atoms with Gasteiger partial charge in [-0.15, -0.1) is 0 Å². The molecule has 0 unspecified atom stereocenters. The maximum atomic E-state index is 12.1. The highest BCUT2D eigenvalue weighted by molar-refractivity contribution is 5.82. The average Bonchev–Trinajstić information content (AvgIpc) is 2.27. The second-order valence-electron chi connectivity index (χ2n) is 5.36. The minimum absolute atomic E-state index is 0.0526. The third-order valence-electron chi connectivity index (χ3n) is 2.70. The molecule has 0 aromatic carbocycles. The zero-order valence-electron chi connectivity index (χ0n) is 11.0. The van der Waals surface area contributed by atoms with E-state index in [1.165, 1.54) is 0 Å². The second-order valence-corrected chi connectivity index (χ2v) is 5.36. The van der Waals surface area contributed by atoms with E-state index in [2.05, 4.69) is 4.98 Å². The predicted molar refractivity (Wildman–Crippen MR) is 68.1 cm³/mol. The first-order valence-corrected chi connectivity index (χ1v) is 5.73. The zero-order chi connectivity index (χ0) is 13.1. The van der Waals surface area contributed by atoms with Crippen LogP contribution in [0, 0.1) is 5.41 Å². The van der Waals surface area contributed by atoms with E-state index in [0.717, 1.165) is 5.69 Å². The number of carbonyl (C=O) groups is 1. The normalized spacial score (nSPS) is 13.2. The first-order valence-electron chi connectivity index (χ1n) is 5.73. The number of nitrogens with two attached hydrogens (primary N) is 1. The van der Waals surface area contributed by atoms with Crippen LogP contribution in [0.1, 0.15) is 26.5 Å². The quantitative estimate of drug-likeness (QED) is 0.861. The van der Waals surface area contributed by atoms with E-state index in [1.54, 1.807) is 18.1 Å². The van der Waals surface area contributed by atoms with E-state index >= 15 is 0 Å². The predicted octanol–water partition coefficient (Wildman–Crippen LogP) is 1.41. The van der Waals surface area contributed by atoms with Crippen molar-refractivity contribution in [3.05, 3.63) is 30.1 Å². The fraction of sp³-hybridized carbons (Fsp3) is 0.538. The molecule has 0 bridgehead atoms. The van der Waals surface area contributed by atoms with Gasteiger partial charge in [-0.1, -0.05) is 26.8 Å². The van der Waals surface area contributed by atoms with Crippen LogP contribution in [0.2, 0.25) is 0 Å². The Balaban J connectivity index is 2.65. The van der Waals surface area contributed by atoms with Gasteiger partial charge in [0.25, 0.3) is 0 Å². The summed E-state index contributed by atoms with van der Waals surface area (Å²) in [5, 5.41) is 0. The van der Waals surface area contributed by atoms with Gasteiger partial charge >= 0.3 is 0 Å². The lowest BCUT2D eigenvalue weighted by molar-refractivity contribution is -0.134. The molecule has 4 heteroatoms. The zero-order valence-corrected chi connectivity index (χ0v) is 11.0. The van der Waals surface area contributed by atoms with Gasteiger partial charge in [-0.05, 0) is 17.5 Å². The fourth-order valence-corrected chi connectivity index (χ4v) is 1.42. The largest absolute Gasteiger partial charge is 0.338 e. The SMILES string of the molecule is CN(Cc1ccccn1)C(=O)[C@@H](N)C(C)(C)C. The van der Waals surface area contributed by atoms with Crippen LogP contribution in [-0.4, -0.2) is 28.9 Å². The standard InChI is InChI=1S/C13H21N3O/c1-13(2,3)11(14)12(17)16(4)9-10-7-5-6-8-15-10/h5-8,11H,9,14H2,1-4H3/t11-/m1/s1. The molecule has 0 aliphatic rings. The molecular weight excluding hydrogens is 214 g/mol. The number of hydrogen-bond acceptors (Lipinski definition) is 3. The van der Waals surface area contributed by atoms with E-state index in [9.17, 15) is 4.79 Å². The van der Waals surface area contributed by atoms with Gasteiger partial charge in [0.15, 0.2) is 0 Å². The Hall–Kier alpha value is -1.42. The van der Waals surface area contributed by atoms with E-state index in [-0.39, 0.29) is 11.3 Å². The molecule has 0 fully saturated rings. The molecule has 17 heavy (non-hydrogen) atoms. The number of rotatable bonds is 3. The van der Waals surface area contributed by atoms with E-state index in [1.807, 2.05) is 39.0 Å². The Morgan fingerprint density at radius 1 is 1.47 bits per heavy atom. The molecule has 1 amide bonds. The van der Waals surface area contributed by atoms with Crippen LogP contribution < -0.4 is 5.73 Å². The third-order valence-corrected chi connectivity index (χ3v) is 2.70. The van der Waals surface area contributed by atoms with Gasteiger partial charge in [0, 0.05) is 13.2 Å². The molecule has 0 saturated heterocycles. The van der Waals surface area contributed by atoms with Crippen LogP contribution in [0.15, 0.2) is 24.4 Å². The van der Waals surface area contributed by atoms with Crippen molar-refractivity contribution in [3.8, 4) is 0 Å². The molecule has 1 aromatic heterocycles. The van der Waals surface area contributed by atoms with Crippen LogP contribution in [0.25, 0.3) is 0 Å². The van der Waals surface area contributed by atoms with E-state index < -0.39 is 6.04 Å². The smallest absolute Gasteiger partial charge is 0.240 e. The lowest BCUT2D eigenvalue weighted by Gasteiger charge is -2.29. The lowest BCUT2D eigenvalue weighted by atomic mass is 9.86. The number of nitrogens with zero attached hydrogens (tertiary/aromatic N) is 2. The molecule has 1 rings (SSSR count). The topological polar surface area (TPSA) is 59.2 Å². The lowest BCUT2D eigenvalue weighted by Crippen LogP contribution is -2.48. The van der Waals surface area contributed by atoms with Crippen molar-refractivity contribution in [3.63, 3.8) is 0 Å². The molecule has 0 saturated carbocycles. The fourth-order valence-electron chi connectivity index (χ4n) is 1.42.